The van der Waals surface area contributed by atoms with Gasteiger partial charge >= 0.3 is 5.97 Å². The van der Waals surface area contributed by atoms with E-state index >= 15 is 0 Å². The van der Waals surface area contributed by atoms with E-state index in [1.54, 1.807) is 12.1 Å². The topological polar surface area (TPSA) is 88.4 Å². The summed E-state index contributed by atoms with van der Waals surface area (Å²) in [5.74, 6) is -1.05. The van der Waals surface area contributed by atoms with E-state index in [1.807, 2.05) is 12.1 Å². The second-order valence-corrected chi connectivity index (χ2v) is 15.0. The van der Waals surface area contributed by atoms with Crippen LogP contribution in [0.5, 0.6) is 5.75 Å². The molecule has 0 unspecified atom stereocenters. The quantitative estimate of drug-likeness (QED) is 0.135. The number of nitriles is 1. The van der Waals surface area contributed by atoms with Gasteiger partial charge in [0.1, 0.15) is 12.4 Å². The lowest BCUT2D eigenvalue weighted by molar-refractivity contribution is -0.480. The molecule has 4 bridgehead atoms. The maximum Gasteiger partial charge on any atom is 0.312 e. The first kappa shape index (κ1) is 38.7. The Morgan fingerprint density at radius 1 is 0.580 bits per heavy atom. The van der Waals surface area contributed by atoms with Crippen LogP contribution in [0.4, 0.5) is 0 Å². The first-order chi connectivity index (χ1) is 24.4. The summed E-state index contributed by atoms with van der Waals surface area (Å²) in [4.78, 5) is 0. The first-order valence-electron chi connectivity index (χ1n) is 19.5. The number of fused-ring (bicyclic) bond motifs is 6. The molecule has 0 aromatic heterocycles. The second kappa shape index (κ2) is 18.8. The van der Waals surface area contributed by atoms with Crippen molar-refractivity contribution in [1.29, 1.82) is 5.26 Å². The summed E-state index contributed by atoms with van der Waals surface area (Å²) in [5, 5.41) is 8.83. The Labute approximate surface area is 301 Å². The van der Waals surface area contributed by atoms with Gasteiger partial charge in [-0.3, -0.25) is 0 Å². The van der Waals surface area contributed by atoms with Gasteiger partial charge in [0.15, 0.2) is 0 Å². The molecule has 8 rings (SSSR count). The van der Waals surface area contributed by atoms with Gasteiger partial charge < -0.3 is 33.2 Å². The summed E-state index contributed by atoms with van der Waals surface area (Å²) in [6.07, 6.45) is 18.1. The van der Waals surface area contributed by atoms with E-state index in [-0.39, 0.29) is 10.8 Å². The molecule has 6 fully saturated rings. The van der Waals surface area contributed by atoms with Gasteiger partial charge in [0.25, 0.3) is 5.97 Å². The third-order valence-corrected chi connectivity index (χ3v) is 10.6. The minimum Gasteiger partial charge on any atom is -0.493 e. The smallest absolute Gasteiger partial charge is 0.312 e. The largest absolute Gasteiger partial charge is 0.493 e. The van der Waals surface area contributed by atoms with Crippen LogP contribution < -0.4 is 4.74 Å². The van der Waals surface area contributed by atoms with Gasteiger partial charge in [0, 0.05) is 17.4 Å². The van der Waals surface area contributed by atoms with E-state index in [9.17, 15) is 0 Å². The number of nitrogens with zero attached hydrogens (tertiary/aromatic N) is 1. The number of benzene rings is 2. The highest BCUT2D eigenvalue weighted by Gasteiger charge is 2.54. The number of hydrogen-bond donors (Lipinski definition) is 0. The van der Waals surface area contributed by atoms with Crippen molar-refractivity contribution in [1.82, 2.24) is 0 Å². The molecule has 0 amide bonds. The molecule has 2 aromatic carbocycles. The highest BCUT2D eigenvalue weighted by Crippen LogP contribution is 2.46. The summed E-state index contributed by atoms with van der Waals surface area (Å²) in [6.45, 7) is 11.2. The Kier molecular flexibility index (Phi) is 14.6. The predicted octanol–water partition coefficient (Wildman–Crippen LogP) is 9.58. The Bertz CT molecular complexity index is 1270. The molecule has 6 heterocycles. The van der Waals surface area contributed by atoms with E-state index in [4.69, 9.17) is 38.4 Å². The zero-order valence-corrected chi connectivity index (χ0v) is 31.0. The van der Waals surface area contributed by atoms with Crippen molar-refractivity contribution in [2.75, 3.05) is 46.2 Å². The van der Waals surface area contributed by atoms with Crippen molar-refractivity contribution < 1.29 is 33.2 Å². The Morgan fingerprint density at radius 3 is 1.68 bits per heavy atom. The highest BCUT2D eigenvalue weighted by molar-refractivity contribution is 5.34. The monoisotopic (exact) mass is 691 g/mol. The minimum atomic E-state index is -0.965. The zero-order chi connectivity index (χ0) is 35.2. The average molecular weight is 692 g/mol. The van der Waals surface area contributed by atoms with E-state index in [0.29, 0.717) is 32.0 Å². The van der Waals surface area contributed by atoms with Gasteiger partial charge in [-0.1, -0.05) is 109 Å². The lowest BCUT2D eigenvalue weighted by Gasteiger charge is -2.52. The molecule has 0 N–H and O–H groups in total. The molecular formula is C42H61NO7. The lowest BCUT2D eigenvalue weighted by atomic mass is 9.83. The van der Waals surface area contributed by atoms with Crippen LogP contribution in [0, 0.1) is 22.2 Å². The van der Waals surface area contributed by atoms with Crippen LogP contribution in [-0.2, 0) is 40.8 Å². The molecule has 0 spiro atoms. The third kappa shape index (κ3) is 10.3. The van der Waals surface area contributed by atoms with Crippen molar-refractivity contribution in [2.45, 2.75) is 129 Å². The highest BCUT2D eigenvalue weighted by atomic mass is 16.9. The zero-order valence-electron chi connectivity index (χ0n) is 31.0. The number of aryl methyl sites for hydroxylation is 1. The second-order valence-electron chi connectivity index (χ2n) is 15.0. The summed E-state index contributed by atoms with van der Waals surface area (Å²) in [5.41, 5.74) is 2.82. The van der Waals surface area contributed by atoms with Crippen LogP contribution in [0.1, 0.15) is 127 Å². The lowest BCUT2D eigenvalue weighted by Crippen LogP contribution is -2.61. The van der Waals surface area contributed by atoms with Gasteiger partial charge in [-0.25, -0.2) is 0 Å². The van der Waals surface area contributed by atoms with Gasteiger partial charge in [0.05, 0.1) is 56.7 Å². The van der Waals surface area contributed by atoms with Crippen LogP contribution in [0.2, 0.25) is 0 Å². The minimum absolute atomic E-state index is 0.0656. The maximum absolute atomic E-state index is 8.83. The summed E-state index contributed by atoms with van der Waals surface area (Å²) < 4.78 is 41.9. The van der Waals surface area contributed by atoms with Gasteiger partial charge in [-0.2, -0.15) is 5.26 Å². The standard InChI is InChI=1S/C22H34O3.C20H27NO4/c1-3-5-7-8-10-19-11-13-20(14-12-19)22-23-16-21(17-24-22,18-25-22)15-9-6-4-2;1-2-3-4-5-6-11-20-23-14-19(15-24-20,16-25-20)13-22-18-9-7-17(12-21)8-10-18/h11-14H,3-10,15-18H2,1-2H3;7-10H,2-6,11,13-16H2,1H3. The molecule has 8 heteroatoms. The van der Waals surface area contributed by atoms with Crippen LogP contribution in [0.3, 0.4) is 0 Å². The number of rotatable bonds is 19. The van der Waals surface area contributed by atoms with Crippen molar-refractivity contribution in [2.24, 2.45) is 10.8 Å². The molecule has 0 atom stereocenters. The SMILES string of the molecule is CCCCCCCC12OCC(COc3ccc(C#N)cc3)(CO1)CO2.CCCCCCc1ccc(C23OCC(CCCCC)(CO2)CO3)cc1. The molecule has 0 saturated carbocycles. The van der Waals surface area contributed by atoms with Crippen LogP contribution >= 0.6 is 0 Å². The Balaban J connectivity index is 0.000000194. The molecule has 0 aliphatic carbocycles. The van der Waals surface area contributed by atoms with Crippen molar-refractivity contribution in [3.05, 3.63) is 65.2 Å². The molecule has 6 aliphatic rings. The van der Waals surface area contributed by atoms with Gasteiger partial charge in [-0.15, -0.1) is 0 Å². The maximum atomic E-state index is 8.83. The molecule has 8 nitrogen and oxygen atoms in total. The molecular weight excluding hydrogens is 630 g/mol. The molecule has 0 radical (unpaired) electrons. The van der Waals surface area contributed by atoms with Crippen molar-refractivity contribution in [3.63, 3.8) is 0 Å². The molecule has 6 aliphatic heterocycles. The fourth-order valence-corrected chi connectivity index (χ4v) is 7.03. The predicted molar refractivity (Wildman–Crippen MR) is 193 cm³/mol. The normalized spacial score (nSPS) is 28.1. The summed E-state index contributed by atoms with van der Waals surface area (Å²) in [6, 6.07) is 17.9. The van der Waals surface area contributed by atoms with E-state index < -0.39 is 11.9 Å². The number of hydrogen-bond acceptors (Lipinski definition) is 8. The number of unbranched alkanes of at least 4 members (excludes halogenated alkanes) is 9. The van der Waals surface area contributed by atoms with E-state index in [2.05, 4.69) is 51.1 Å². The molecule has 50 heavy (non-hydrogen) atoms. The van der Waals surface area contributed by atoms with Crippen LogP contribution in [0.25, 0.3) is 0 Å². The third-order valence-electron chi connectivity index (χ3n) is 10.6. The fourth-order valence-electron chi connectivity index (χ4n) is 7.03. The van der Waals surface area contributed by atoms with Gasteiger partial charge in [-0.05, 0) is 55.5 Å². The summed E-state index contributed by atoms with van der Waals surface area (Å²) >= 11 is 0. The molecule has 276 valence electrons. The van der Waals surface area contributed by atoms with Crippen LogP contribution in [0.15, 0.2) is 48.5 Å². The Hall–Kier alpha value is -2.51. The molecule has 2 aromatic rings. The summed E-state index contributed by atoms with van der Waals surface area (Å²) in [7, 11) is 0. The van der Waals surface area contributed by atoms with E-state index in [1.165, 1.54) is 76.2 Å². The van der Waals surface area contributed by atoms with Gasteiger partial charge in [0.2, 0.25) is 0 Å². The average Bonchev–Trinajstić information content (AvgIpc) is 3.18. The molecule has 6 saturated heterocycles. The van der Waals surface area contributed by atoms with Crippen molar-refractivity contribution in [3.8, 4) is 11.8 Å². The number of ether oxygens (including phenoxy) is 7. The van der Waals surface area contributed by atoms with Crippen molar-refractivity contribution >= 4 is 0 Å². The van der Waals surface area contributed by atoms with E-state index in [0.717, 1.165) is 56.8 Å². The fraction of sp³-hybridized carbons (Fsp3) is 0.690. The Morgan fingerprint density at radius 2 is 1.10 bits per heavy atom. The van der Waals surface area contributed by atoms with Crippen LogP contribution in [-0.4, -0.2) is 52.2 Å². The first-order valence-corrected chi connectivity index (χ1v) is 19.5.